The highest BCUT2D eigenvalue weighted by Gasteiger charge is 2.25. The number of thiazole rings is 1. The topological polar surface area (TPSA) is 92.3 Å². The van der Waals surface area contributed by atoms with Crippen LogP contribution in [-0.4, -0.2) is 75.1 Å². The van der Waals surface area contributed by atoms with Gasteiger partial charge in [-0.3, -0.25) is 9.69 Å². The van der Waals surface area contributed by atoms with Crippen LogP contribution in [0.4, 0.5) is 5.13 Å². The van der Waals surface area contributed by atoms with Crippen LogP contribution in [0.15, 0.2) is 41.3 Å². The molecule has 0 bridgehead atoms. The number of likely N-dealkylation sites (N-methyl/N-ethyl adjacent to an activating group) is 1. The summed E-state index contributed by atoms with van der Waals surface area (Å²) in [5.74, 6) is 1.09. The smallest absolute Gasteiger partial charge is 0.260 e. The number of amides is 1. The van der Waals surface area contributed by atoms with Crippen LogP contribution in [0.1, 0.15) is 44.0 Å². The number of carbonyl (C=O) groups excluding carboxylic acids is 1. The van der Waals surface area contributed by atoms with Gasteiger partial charge in [0.05, 0.1) is 15.1 Å². The standard InChI is InChI=1S/C26H34N4O5S2.ClH/c1-5-8-13-28(4)37(32,33)20-11-9-19(10-12-20)25(31)30(15-14-29(6-2)7-3)26-27-21-16-22-23(35-18-34-22)17-24(21)36-26;/h9-12,16-17H,5-8,13-15,18H2,1-4H3;1H. The van der Waals surface area contributed by atoms with E-state index >= 15 is 0 Å². The molecular formula is C26H35ClN4O5S2. The molecule has 0 atom stereocenters. The first kappa shape index (κ1) is 30.1. The lowest BCUT2D eigenvalue weighted by atomic mass is 10.2. The lowest BCUT2D eigenvalue weighted by Crippen LogP contribution is -2.38. The Labute approximate surface area is 234 Å². The van der Waals surface area contributed by atoms with Gasteiger partial charge in [-0.25, -0.2) is 17.7 Å². The Hall–Kier alpha value is -2.44. The normalized spacial score (nSPS) is 12.8. The highest BCUT2D eigenvalue weighted by atomic mass is 35.5. The predicted molar refractivity (Wildman–Crippen MR) is 154 cm³/mol. The van der Waals surface area contributed by atoms with E-state index in [0.717, 1.165) is 36.1 Å². The monoisotopic (exact) mass is 582 g/mol. The average molecular weight is 583 g/mol. The number of fused-ring (bicyclic) bond motifs is 2. The van der Waals surface area contributed by atoms with Gasteiger partial charge < -0.3 is 14.4 Å². The molecule has 0 saturated heterocycles. The molecule has 1 amide bonds. The lowest BCUT2D eigenvalue weighted by molar-refractivity contribution is 0.0983. The van der Waals surface area contributed by atoms with E-state index in [2.05, 4.69) is 18.7 Å². The second-order valence-electron chi connectivity index (χ2n) is 8.86. The molecule has 0 unspecified atom stereocenters. The lowest BCUT2D eigenvalue weighted by Gasteiger charge is -2.25. The van der Waals surface area contributed by atoms with Gasteiger partial charge >= 0.3 is 0 Å². The van der Waals surface area contributed by atoms with Crippen LogP contribution in [0.2, 0.25) is 0 Å². The molecule has 0 aliphatic carbocycles. The number of nitrogens with zero attached hydrogens (tertiary/aromatic N) is 4. The molecule has 0 fully saturated rings. The summed E-state index contributed by atoms with van der Waals surface area (Å²) in [4.78, 5) is 22.5. The fraction of sp³-hybridized carbons (Fsp3) is 0.462. The van der Waals surface area contributed by atoms with Gasteiger partial charge in [0, 0.05) is 44.4 Å². The molecule has 1 aliphatic rings. The quantitative estimate of drug-likeness (QED) is 0.301. The van der Waals surface area contributed by atoms with Gasteiger partial charge in [-0.2, -0.15) is 0 Å². The minimum atomic E-state index is -3.61. The number of aromatic nitrogens is 1. The number of hydrogen-bond acceptors (Lipinski definition) is 8. The van der Waals surface area contributed by atoms with E-state index in [4.69, 9.17) is 14.5 Å². The van der Waals surface area contributed by atoms with Crippen LogP contribution in [0.3, 0.4) is 0 Å². The minimum absolute atomic E-state index is 0. The van der Waals surface area contributed by atoms with Crippen molar-refractivity contribution in [3.05, 3.63) is 42.0 Å². The zero-order chi connectivity index (χ0) is 26.6. The summed E-state index contributed by atoms with van der Waals surface area (Å²) in [6, 6.07) is 9.89. The third-order valence-electron chi connectivity index (χ3n) is 6.52. The molecule has 12 heteroatoms. The Kier molecular flexibility index (Phi) is 10.4. The second kappa shape index (κ2) is 13.1. The number of benzene rings is 2. The molecule has 208 valence electrons. The van der Waals surface area contributed by atoms with E-state index in [-0.39, 0.29) is 30.0 Å². The van der Waals surface area contributed by atoms with Crippen LogP contribution >= 0.6 is 23.7 Å². The van der Waals surface area contributed by atoms with Crippen molar-refractivity contribution in [1.29, 1.82) is 0 Å². The molecule has 4 rings (SSSR count). The van der Waals surface area contributed by atoms with Crippen LogP contribution < -0.4 is 14.4 Å². The molecule has 0 radical (unpaired) electrons. The molecule has 0 spiro atoms. The molecule has 0 N–H and O–H groups in total. The summed E-state index contributed by atoms with van der Waals surface area (Å²) in [5, 5.41) is 0.576. The molecular weight excluding hydrogens is 548 g/mol. The van der Waals surface area contributed by atoms with E-state index in [9.17, 15) is 13.2 Å². The maximum absolute atomic E-state index is 13.7. The summed E-state index contributed by atoms with van der Waals surface area (Å²) < 4.78 is 39.0. The fourth-order valence-electron chi connectivity index (χ4n) is 4.09. The Morgan fingerprint density at radius 1 is 1.00 bits per heavy atom. The molecule has 2 aromatic carbocycles. The first-order chi connectivity index (χ1) is 17.8. The Balaban J connectivity index is 0.00000400. The molecule has 38 heavy (non-hydrogen) atoms. The maximum atomic E-state index is 13.7. The van der Waals surface area contributed by atoms with Crippen molar-refractivity contribution >= 4 is 55.0 Å². The number of carbonyl (C=O) groups is 1. The Morgan fingerprint density at radius 3 is 2.29 bits per heavy atom. The summed E-state index contributed by atoms with van der Waals surface area (Å²) in [7, 11) is -2.03. The average Bonchev–Trinajstić information content (AvgIpc) is 3.53. The van der Waals surface area contributed by atoms with E-state index in [1.807, 2.05) is 19.1 Å². The van der Waals surface area contributed by atoms with Crippen LogP contribution in [0.25, 0.3) is 10.2 Å². The predicted octanol–water partition coefficient (Wildman–Crippen LogP) is 4.86. The number of anilines is 1. The highest BCUT2D eigenvalue weighted by molar-refractivity contribution is 7.89. The number of ether oxygens (including phenoxy) is 2. The summed E-state index contributed by atoms with van der Waals surface area (Å²) in [6.07, 6.45) is 1.70. The SMILES string of the molecule is CCCCN(C)S(=O)(=O)c1ccc(C(=O)N(CCN(CC)CC)c2nc3cc4c(cc3s2)OCO4)cc1.Cl. The first-order valence-corrected chi connectivity index (χ1v) is 14.8. The van der Waals surface area contributed by atoms with E-state index < -0.39 is 10.0 Å². The molecule has 0 saturated carbocycles. The van der Waals surface area contributed by atoms with Crippen LogP contribution in [0.5, 0.6) is 11.5 Å². The summed E-state index contributed by atoms with van der Waals surface area (Å²) in [6.45, 7) is 9.72. The van der Waals surface area contributed by atoms with Gasteiger partial charge in [0.2, 0.25) is 16.8 Å². The van der Waals surface area contributed by atoms with Crippen molar-refractivity contribution < 1.29 is 22.7 Å². The van der Waals surface area contributed by atoms with Gasteiger partial charge in [-0.05, 0) is 43.8 Å². The molecule has 1 aromatic heterocycles. The van der Waals surface area contributed by atoms with E-state index in [1.165, 1.54) is 27.8 Å². The Morgan fingerprint density at radius 2 is 1.66 bits per heavy atom. The van der Waals surface area contributed by atoms with Gasteiger partial charge in [-0.1, -0.05) is 38.5 Å². The fourth-order valence-corrected chi connectivity index (χ4v) is 6.30. The zero-order valence-electron chi connectivity index (χ0n) is 22.2. The largest absolute Gasteiger partial charge is 0.454 e. The van der Waals surface area contributed by atoms with Gasteiger partial charge in [-0.15, -0.1) is 12.4 Å². The maximum Gasteiger partial charge on any atom is 0.260 e. The number of sulfonamides is 1. The number of hydrogen-bond donors (Lipinski definition) is 0. The molecule has 3 aromatic rings. The van der Waals surface area contributed by atoms with E-state index in [1.54, 1.807) is 24.1 Å². The Bertz CT molecular complexity index is 1300. The summed E-state index contributed by atoms with van der Waals surface area (Å²) in [5.41, 5.74) is 1.14. The van der Waals surface area contributed by atoms with Crippen molar-refractivity contribution in [3.8, 4) is 11.5 Å². The third-order valence-corrected chi connectivity index (χ3v) is 9.43. The second-order valence-corrected chi connectivity index (χ2v) is 11.9. The van der Waals surface area contributed by atoms with Crippen LogP contribution in [-0.2, 0) is 10.0 Å². The zero-order valence-corrected chi connectivity index (χ0v) is 24.6. The minimum Gasteiger partial charge on any atom is -0.454 e. The van der Waals surface area contributed by atoms with Crippen molar-refractivity contribution in [2.75, 3.05) is 51.5 Å². The van der Waals surface area contributed by atoms with Crippen molar-refractivity contribution in [2.45, 2.75) is 38.5 Å². The van der Waals surface area contributed by atoms with Crippen LogP contribution in [0, 0.1) is 0 Å². The van der Waals surface area contributed by atoms with E-state index in [0.29, 0.717) is 41.8 Å². The van der Waals surface area contributed by atoms with Crippen molar-refractivity contribution in [3.63, 3.8) is 0 Å². The number of unbranched alkanes of at least 4 members (excludes halogenated alkanes) is 1. The first-order valence-electron chi connectivity index (χ1n) is 12.6. The third kappa shape index (κ3) is 6.40. The molecule has 2 heterocycles. The molecule has 9 nitrogen and oxygen atoms in total. The van der Waals surface area contributed by atoms with Crippen molar-refractivity contribution in [2.24, 2.45) is 0 Å². The van der Waals surface area contributed by atoms with Gasteiger partial charge in [0.25, 0.3) is 5.91 Å². The number of rotatable bonds is 12. The number of halogens is 1. The summed E-state index contributed by atoms with van der Waals surface area (Å²) >= 11 is 1.42. The van der Waals surface area contributed by atoms with Gasteiger partial charge in [0.15, 0.2) is 16.6 Å². The highest BCUT2D eigenvalue weighted by Crippen LogP contribution is 2.40. The van der Waals surface area contributed by atoms with Gasteiger partial charge in [0.1, 0.15) is 0 Å². The van der Waals surface area contributed by atoms with Crippen molar-refractivity contribution in [1.82, 2.24) is 14.2 Å². The molecule has 1 aliphatic heterocycles.